The van der Waals surface area contributed by atoms with Crippen LogP contribution in [0.3, 0.4) is 0 Å². The summed E-state index contributed by atoms with van der Waals surface area (Å²) in [7, 11) is 0. The van der Waals surface area contributed by atoms with E-state index < -0.39 is 0 Å². The Labute approximate surface area is 94.0 Å². The molecule has 1 aromatic rings. The number of rotatable bonds is 4. The molecule has 0 aliphatic heterocycles. The van der Waals surface area contributed by atoms with Gasteiger partial charge < -0.3 is 5.73 Å². The van der Waals surface area contributed by atoms with E-state index in [9.17, 15) is 4.79 Å². The average molecular weight is 230 g/mol. The molecule has 0 aliphatic rings. The molecule has 0 unspecified atom stereocenters. The average Bonchev–Trinajstić information content (AvgIpc) is 2.22. The molecule has 0 amide bonds. The molecule has 0 saturated carbocycles. The number of nitrogens with zero attached hydrogens (tertiary/aromatic N) is 2. The third-order valence-corrected chi connectivity index (χ3v) is 2.67. The Morgan fingerprint density at radius 2 is 1.93 bits per heavy atom. The van der Waals surface area contributed by atoms with Crippen molar-refractivity contribution in [3.63, 3.8) is 0 Å². The van der Waals surface area contributed by atoms with Gasteiger partial charge in [-0.1, -0.05) is 25.4 Å². The van der Waals surface area contributed by atoms with Crippen LogP contribution in [0.25, 0.3) is 0 Å². The molecule has 1 aromatic heterocycles. The van der Waals surface area contributed by atoms with Gasteiger partial charge in [-0.15, -0.1) is 0 Å². The van der Waals surface area contributed by atoms with Crippen LogP contribution in [0.15, 0.2) is 4.79 Å². The highest BCUT2D eigenvalue weighted by molar-refractivity contribution is 6.30. The van der Waals surface area contributed by atoms with Crippen LogP contribution in [0.5, 0.6) is 0 Å². The van der Waals surface area contributed by atoms with Gasteiger partial charge >= 0.3 is 0 Å². The summed E-state index contributed by atoms with van der Waals surface area (Å²) in [6, 6.07) is 0. The minimum absolute atomic E-state index is 0.0656. The zero-order chi connectivity index (χ0) is 11.4. The van der Waals surface area contributed by atoms with Crippen LogP contribution in [0.1, 0.15) is 25.0 Å². The maximum absolute atomic E-state index is 11.9. The molecule has 0 spiro atoms. The second-order valence-corrected chi connectivity index (χ2v) is 3.63. The van der Waals surface area contributed by atoms with Crippen molar-refractivity contribution in [3.05, 3.63) is 26.6 Å². The molecule has 15 heavy (non-hydrogen) atoms. The Balaban J connectivity index is 3.38. The van der Waals surface area contributed by atoms with Gasteiger partial charge in [0, 0.05) is 12.1 Å². The summed E-state index contributed by atoms with van der Waals surface area (Å²) < 4.78 is 1.35. The molecule has 0 fully saturated rings. The summed E-state index contributed by atoms with van der Waals surface area (Å²) in [5, 5.41) is 4.45. The summed E-state index contributed by atoms with van der Waals surface area (Å²) in [5.41, 5.74) is 6.95. The molecule has 0 aromatic carbocycles. The van der Waals surface area contributed by atoms with Gasteiger partial charge in [0.2, 0.25) is 0 Å². The van der Waals surface area contributed by atoms with E-state index in [4.69, 9.17) is 17.3 Å². The Morgan fingerprint density at radius 1 is 1.33 bits per heavy atom. The smallest absolute Gasteiger partial charge is 0.270 e. The monoisotopic (exact) mass is 229 g/mol. The van der Waals surface area contributed by atoms with Gasteiger partial charge in [-0.2, -0.15) is 5.10 Å². The van der Waals surface area contributed by atoms with Crippen molar-refractivity contribution in [2.24, 2.45) is 5.73 Å². The molecule has 0 bridgehead atoms. The molecule has 0 aliphatic carbocycles. The molecule has 0 radical (unpaired) electrons. The molecule has 0 saturated heterocycles. The molecule has 0 atom stereocenters. The van der Waals surface area contributed by atoms with Crippen LogP contribution in [0, 0.1) is 0 Å². The SMILES string of the molecule is CCc1c(Cl)nn(CCN)c(=O)c1CC. The van der Waals surface area contributed by atoms with Gasteiger partial charge in [-0.3, -0.25) is 4.79 Å². The maximum Gasteiger partial charge on any atom is 0.270 e. The molecule has 4 nitrogen and oxygen atoms in total. The van der Waals surface area contributed by atoms with E-state index in [0.717, 1.165) is 17.5 Å². The first-order valence-electron chi connectivity index (χ1n) is 5.14. The van der Waals surface area contributed by atoms with Crippen molar-refractivity contribution in [2.45, 2.75) is 33.2 Å². The minimum atomic E-state index is -0.0656. The second kappa shape index (κ2) is 5.28. The van der Waals surface area contributed by atoms with Crippen LogP contribution in [-0.2, 0) is 19.4 Å². The lowest BCUT2D eigenvalue weighted by atomic mass is 10.1. The Kier molecular flexibility index (Phi) is 4.29. The van der Waals surface area contributed by atoms with E-state index in [-0.39, 0.29) is 5.56 Å². The van der Waals surface area contributed by atoms with Crippen molar-refractivity contribution in [1.82, 2.24) is 9.78 Å². The van der Waals surface area contributed by atoms with E-state index in [1.165, 1.54) is 4.68 Å². The van der Waals surface area contributed by atoms with Crippen molar-refractivity contribution in [2.75, 3.05) is 6.54 Å². The fourth-order valence-electron chi connectivity index (χ4n) is 1.62. The van der Waals surface area contributed by atoms with Crippen LogP contribution < -0.4 is 11.3 Å². The summed E-state index contributed by atoms with van der Waals surface area (Å²) in [6.45, 7) is 4.71. The quantitative estimate of drug-likeness (QED) is 0.837. The van der Waals surface area contributed by atoms with Crippen molar-refractivity contribution >= 4 is 11.6 Å². The fraction of sp³-hybridized carbons (Fsp3) is 0.600. The van der Waals surface area contributed by atoms with Gasteiger partial charge in [0.25, 0.3) is 5.56 Å². The number of halogens is 1. The van der Waals surface area contributed by atoms with Crippen LogP contribution >= 0.6 is 11.6 Å². The first-order chi connectivity index (χ1) is 7.15. The first kappa shape index (κ1) is 12.2. The maximum atomic E-state index is 11.9. The molecule has 1 rings (SSSR count). The summed E-state index contributed by atoms with van der Waals surface area (Å²) in [4.78, 5) is 11.9. The third-order valence-electron chi connectivity index (χ3n) is 2.36. The second-order valence-electron chi connectivity index (χ2n) is 3.27. The summed E-state index contributed by atoms with van der Waals surface area (Å²) in [6.07, 6.45) is 1.41. The lowest BCUT2D eigenvalue weighted by molar-refractivity contribution is 0.577. The van der Waals surface area contributed by atoms with Gasteiger partial charge in [0.1, 0.15) is 0 Å². The van der Waals surface area contributed by atoms with Gasteiger partial charge in [-0.05, 0) is 18.4 Å². The van der Waals surface area contributed by atoms with Crippen molar-refractivity contribution < 1.29 is 0 Å². The van der Waals surface area contributed by atoms with E-state index in [0.29, 0.717) is 24.7 Å². The number of hydrogen-bond acceptors (Lipinski definition) is 3. The first-order valence-corrected chi connectivity index (χ1v) is 5.51. The minimum Gasteiger partial charge on any atom is -0.329 e. The van der Waals surface area contributed by atoms with E-state index >= 15 is 0 Å². The summed E-state index contributed by atoms with van der Waals surface area (Å²) in [5.74, 6) is 0. The predicted molar refractivity (Wildman–Crippen MR) is 61.3 cm³/mol. The lowest BCUT2D eigenvalue weighted by Crippen LogP contribution is -2.30. The van der Waals surface area contributed by atoms with Crippen LogP contribution in [0.2, 0.25) is 5.15 Å². The molecule has 1 heterocycles. The van der Waals surface area contributed by atoms with Gasteiger partial charge in [0.15, 0.2) is 5.15 Å². The zero-order valence-electron chi connectivity index (χ0n) is 9.09. The Hall–Kier alpha value is -0.870. The Bertz CT molecular complexity index is 400. The fourth-order valence-corrected chi connectivity index (χ4v) is 1.96. The van der Waals surface area contributed by atoms with Crippen LogP contribution in [0.4, 0.5) is 0 Å². The molecular formula is C10H16ClN3O. The lowest BCUT2D eigenvalue weighted by Gasteiger charge is -2.10. The topological polar surface area (TPSA) is 60.9 Å². The largest absolute Gasteiger partial charge is 0.329 e. The summed E-state index contributed by atoms with van der Waals surface area (Å²) >= 11 is 6.01. The highest BCUT2D eigenvalue weighted by Gasteiger charge is 2.12. The molecular weight excluding hydrogens is 214 g/mol. The van der Waals surface area contributed by atoms with E-state index in [1.54, 1.807) is 0 Å². The number of aromatic nitrogens is 2. The van der Waals surface area contributed by atoms with Gasteiger partial charge in [-0.25, -0.2) is 4.68 Å². The number of hydrogen-bond donors (Lipinski definition) is 1. The van der Waals surface area contributed by atoms with E-state index in [2.05, 4.69) is 5.10 Å². The third kappa shape index (κ3) is 2.38. The molecule has 5 heteroatoms. The number of nitrogens with two attached hydrogens (primary N) is 1. The van der Waals surface area contributed by atoms with E-state index in [1.807, 2.05) is 13.8 Å². The highest BCUT2D eigenvalue weighted by Crippen LogP contribution is 2.15. The highest BCUT2D eigenvalue weighted by atomic mass is 35.5. The van der Waals surface area contributed by atoms with Gasteiger partial charge in [0.05, 0.1) is 6.54 Å². The predicted octanol–water partition coefficient (Wildman–Crippen LogP) is 0.980. The molecule has 2 N–H and O–H groups in total. The normalized spacial score (nSPS) is 10.7. The van der Waals surface area contributed by atoms with Crippen molar-refractivity contribution in [3.8, 4) is 0 Å². The van der Waals surface area contributed by atoms with Crippen molar-refractivity contribution in [1.29, 1.82) is 0 Å². The Morgan fingerprint density at radius 3 is 2.40 bits per heavy atom. The zero-order valence-corrected chi connectivity index (χ0v) is 9.84. The van der Waals surface area contributed by atoms with Crippen LogP contribution in [-0.4, -0.2) is 16.3 Å². The molecule has 84 valence electrons. The standard InChI is InChI=1S/C10H16ClN3O/c1-3-7-8(4-2)10(15)14(6-5-12)13-9(7)11/h3-6,12H2,1-2H3.